The molecule has 0 fully saturated rings. The smallest absolute Gasteiger partial charge is 0.161 e. The highest BCUT2D eigenvalue weighted by molar-refractivity contribution is 9.10. The molecule has 0 saturated heterocycles. The van der Waals surface area contributed by atoms with Gasteiger partial charge in [-0.1, -0.05) is 137 Å². The zero-order valence-electron chi connectivity index (χ0n) is 22.0. The van der Waals surface area contributed by atoms with Gasteiger partial charge in [0.1, 0.15) is 0 Å². The van der Waals surface area contributed by atoms with Gasteiger partial charge in [-0.25, -0.2) is 9.97 Å². The zero-order valence-corrected chi connectivity index (χ0v) is 23.6. The molecular formula is C37H25BrN2. The summed E-state index contributed by atoms with van der Waals surface area (Å²) in [6, 6.07) is 46.8. The van der Waals surface area contributed by atoms with Gasteiger partial charge in [0.15, 0.2) is 5.82 Å². The lowest BCUT2D eigenvalue weighted by Gasteiger charge is -2.15. The quantitative estimate of drug-likeness (QED) is 0.208. The van der Waals surface area contributed by atoms with Crippen LogP contribution in [0.5, 0.6) is 0 Å². The highest BCUT2D eigenvalue weighted by Crippen LogP contribution is 2.36. The molecule has 0 aliphatic heterocycles. The fourth-order valence-electron chi connectivity index (χ4n) is 5.54. The second-order valence-corrected chi connectivity index (χ2v) is 10.9. The van der Waals surface area contributed by atoms with Gasteiger partial charge in [0.05, 0.1) is 11.4 Å². The van der Waals surface area contributed by atoms with Crippen LogP contribution in [0.15, 0.2) is 138 Å². The van der Waals surface area contributed by atoms with Crippen molar-refractivity contribution in [2.24, 2.45) is 0 Å². The Bertz CT molecular complexity index is 2010. The molecule has 0 spiro atoms. The number of nitrogens with zero attached hydrogens (tertiary/aromatic N) is 2. The van der Waals surface area contributed by atoms with E-state index in [0.29, 0.717) is 0 Å². The van der Waals surface area contributed by atoms with Gasteiger partial charge in [0.25, 0.3) is 0 Å². The van der Waals surface area contributed by atoms with Crippen LogP contribution in [0.1, 0.15) is 5.56 Å². The van der Waals surface area contributed by atoms with Crippen molar-refractivity contribution in [3.63, 3.8) is 0 Å². The molecule has 0 aliphatic rings. The van der Waals surface area contributed by atoms with Crippen molar-refractivity contribution in [1.82, 2.24) is 9.97 Å². The molecule has 190 valence electrons. The van der Waals surface area contributed by atoms with E-state index in [1.165, 1.54) is 27.3 Å². The van der Waals surface area contributed by atoms with Gasteiger partial charge >= 0.3 is 0 Å². The van der Waals surface area contributed by atoms with Crippen molar-refractivity contribution in [2.45, 2.75) is 6.92 Å². The predicted molar refractivity (Wildman–Crippen MR) is 171 cm³/mol. The lowest BCUT2D eigenvalue weighted by molar-refractivity contribution is 1.15. The van der Waals surface area contributed by atoms with Crippen LogP contribution in [0.3, 0.4) is 0 Å². The molecule has 1 aromatic heterocycles. The van der Waals surface area contributed by atoms with Crippen molar-refractivity contribution in [1.29, 1.82) is 0 Å². The number of rotatable bonds is 4. The minimum absolute atomic E-state index is 0.735. The van der Waals surface area contributed by atoms with Crippen molar-refractivity contribution in [3.05, 3.63) is 143 Å². The third-order valence-corrected chi connectivity index (χ3v) is 7.98. The van der Waals surface area contributed by atoms with E-state index in [9.17, 15) is 0 Å². The van der Waals surface area contributed by atoms with Crippen LogP contribution < -0.4 is 0 Å². The summed E-state index contributed by atoms with van der Waals surface area (Å²) in [4.78, 5) is 10.3. The number of fused-ring (bicyclic) bond motifs is 2. The van der Waals surface area contributed by atoms with E-state index in [-0.39, 0.29) is 0 Å². The first-order valence-corrected chi connectivity index (χ1v) is 14.2. The first-order valence-electron chi connectivity index (χ1n) is 13.4. The first-order chi connectivity index (χ1) is 19.7. The van der Waals surface area contributed by atoms with Gasteiger partial charge in [-0.05, 0) is 51.7 Å². The molecule has 1 heterocycles. The standard InChI is InChI=1S/C37H25BrN2/c1-24-35(27-11-3-2-4-12-27)39-37(33-17-9-14-25-10-5-7-15-31(25)33)40-36(24)28-20-18-26(19-21-28)34-23-30(38)22-29-13-6-8-16-32(29)34/h2-23H,1H3. The summed E-state index contributed by atoms with van der Waals surface area (Å²) in [6.07, 6.45) is 0. The summed E-state index contributed by atoms with van der Waals surface area (Å²) >= 11 is 3.70. The van der Waals surface area contributed by atoms with Crippen LogP contribution in [-0.4, -0.2) is 9.97 Å². The average molecular weight is 578 g/mol. The molecule has 0 atom stereocenters. The Morgan fingerprint density at radius 1 is 0.475 bits per heavy atom. The number of hydrogen-bond acceptors (Lipinski definition) is 2. The minimum atomic E-state index is 0.735. The number of halogens is 1. The molecule has 6 aromatic carbocycles. The maximum Gasteiger partial charge on any atom is 0.161 e. The summed E-state index contributed by atoms with van der Waals surface area (Å²) in [6.45, 7) is 2.13. The first kappa shape index (κ1) is 24.4. The summed E-state index contributed by atoms with van der Waals surface area (Å²) < 4.78 is 1.07. The topological polar surface area (TPSA) is 25.8 Å². The lowest BCUT2D eigenvalue weighted by Crippen LogP contribution is -2.00. The largest absolute Gasteiger partial charge is 0.228 e. The maximum absolute atomic E-state index is 5.20. The fourth-order valence-corrected chi connectivity index (χ4v) is 6.01. The predicted octanol–water partition coefficient (Wildman–Crippen LogP) is 10.5. The fraction of sp³-hybridized carbons (Fsp3) is 0.0270. The Balaban J connectivity index is 1.41. The minimum Gasteiger partial charge on any atom is -0.228 e. The molecule has 0 N–H and O–H groups in total. The molecule has 0 amide bonds. The van der Waals surface area contributed by atoms with E-state index < -0.39 is 0 Å². The van der Waals surface area contributed by atoms with Crippen molar-refractivity contribution in [3.8, 4) is 45.0 Å². The zero-order chi connectivity index (χ0) is 27.1. The molecule has 0 saturated carbocycles. The number of hydrogen-bond donors (Lipinski definition) is 0. The molecule has 2 nitrogen and oxygen atoms in total. The second-order valence-electron chi connectivity index (χ2n) is 10.0. The number of benzene rings is 6. The van der Waals surface area contributed by atoms with E-state index in [4.69, 9.17) is 9.97 Å². The summed E-state index contributed by atoms with van der Waals surface area (Å²) in [7, 11) is 0. The van der Waals surface area contributed by atoms with Gasteiger partial charge in [0.2, 0.25) is 0 Å². The van der Waals surface area contributed by atoms with Gasteiger partial charge < -0.3 is 0 Å². The highest BCUT2D eigenvalue weighted by atomic mass is 79.9. The Kier molecular flexibility index (Phi) is 6.22. The van der Waals surface area contributed by atoms with E-state index in [0.717, 1.165) is 49.3 Å². The molecule has 3 heteroatoms. The molecule has 7 rings (SSSR count). The van der Waals surface area contributed by atoms with E-state index in [1.54, 1.807) is 0 Å². The van der Waals surface area contributed by atoms with Crippen LogP contribution in [0.2, 0.25) is 0 Å². The average Bonchev–Trinajstić information content (AvgIpc) is 3.01. The maximum atomic E-state index is 5.20. The van der Waals surface area contributed by atoms with Gasteiger partial charge in [-0.2, -0.15) is 0 Å². The second kappa shape index (κ2) is 10.2. The van der Waals surface area contributed by atoms with Gasteiger partial charge in [0, 0.05) is 26.7 Å². The Labute approximate surface area is 242 Å². The van der Waals surface area contributed by atoms with Crippen molar-refractivity contribution < 1.29 is 0 Å². The Hall–Kier alpha value is -4.60. The van der Waals surface area contributed by atoms with Crippen LogP contribution in [0.25, 0.3) is 66.6 Å². The third kappa shape index (κ3) is 4.39. The van der Waals surface area contributed by atoms with E-state index in [2.05, 4.69) is 150 Å². The molecule has 0 radical (unpaired) electrons. The molecule has 7 aromatic rings. The van der Waals surface area contributed by atoms with Crippen LogP contribution in [0, 0.1) is 6.92 Å². The summed E-state index contributed by atoms with van der Waals surface area (Å²) in [5.74, 6) is 0.735. The SMILES string of the molecule is Cc1c(-c2ccccc2)nc(-c2cccc3ccccc23)nc1-c1ccc(-c2cc(Br)cc3ccccc23)cc1. The molecule has 0 unspecified atom stereocenters. The Morgan fingerprint density at radius 3 is 1.75 bits per heavy atom. The Morgan fingerprint density at radius 2 is 1.02 bits per heavy atom. The monoisotopic (exact) mass is 576 g/mol. The highest BCUT2D eigenvalue weighted by Gasteiger charge is 2.17. The molecule has 0 bridgehead atoms. The van der Waals surface area contributed by atoms with Crippen LogP contribution in [-0.2, 0) is 0 Å². The lowest BCUT2D eigenvalue weighted by atomic mass is 9.95. The van der Waals surface area contributed by atoms with E-state index in [1.807, 2.05) is 6.07 Å². The third-order valence-electron chi connectivity index (χ3n) is 7.52. The van der Waals surface area contributed by atoms with Gasteiger partial charge in [-0.15, -0.1) is 0 Å². The van der Waals surface area contributed by atoms with Crippen molar-refractivity contribution in [2.75, 3.05) is 0 Å². The molecule has 40 heavy (non-hydrogen) atoms. The van der Waals surface area contributed by atoms with Gasteiger partial charge in [-0.3, -0.25) is 0 Å². The van der Waals surface area contributed by atoms with E-state index >= 15 is 0 Å². The van der Waals surface area contributed by atoms with Crippen LogP contribution >= 0.6 is 15.9 Å². The molecular weight excluding hydrogens is 552 g/mol. The number of aromatic nitrogens is 2. The van der Waals surface area contributed by atoms with Crippen LogP contribution in [0.4, 0.5) is 0 Å². The van der Waals surface area contributed by atoms with Crippen molar-refractivity contribution >= 4 is 37.5 Å². The molecule has 0 aliphatic carbocycles. The summed E-state index contributed by atoms with van der Waals surface area (Å²) in [5.41, 5.74) is 8.54. The normalized spacial score (nSPS) is 11.2. The summed E-state index contributed by atoms with van der Waals surface area (Å²) in [5, 5.41) is 4.78.